The highest BCUT2D eigenvalue weighted by atomic mass is 35.5. The smallest absolute Gasteiger partial charge is 0.225 e. The molecule has 0 aliphatic heterocycles. The highest BCUT2D eigenvalue weighted by Gasteiger charge is 2.09. The van der Waals surface area contributed by atoms with E-state index in [1.807, 2.05) is 48.5 Å². The van der Waals surface area contributed by atoms with Crippen molar-refractivity contribution in [1.82, 2.24) is 9.97 Å². The number of nitrogens with one attached hydrogen (secondary N) is 1. The van der Waals surface area contributed by atoms with Gasteiger partial charge in [-0.3, -0.25) is 0 Å². The summed E-state index contributed by atoms with van der Waals surface area (Å²) in [4.78, 5) is 8.83. The Morgan fingerprint density at radius 2 is 1.55 bits per heavy atom. The maximum Gasteiger partial charge on any atom is 0.225 e. The van der Waals surface area contributed by atoms with Gasteiger partial charge in [0.1, 0.15) is 5.15 Å². The number of halogens is 1. The zero-order valence-corrected chi connectivity index (χ0v) is 13.0. The summed E-state index contributed by atoms with van der Waals surface area (Å²) in [6.07, 6.45) is 0. The predicted molar refractivity (Wildman–Crippen MR) is 91.0 cm³/mol. The van der Waals surface area contributed by atoms with E-state index in [0.717, 1.165) is 11.3 Å². The zero-order chi connectivity index (χ0) is 15.4. The van der Waals surface area contributed by atoms with Gasteiger partial charge < -0.3 is 5.32 Å². The molecule has 1 atom stereocenters. The monoisotopic (exact) mass is 309 g/mol. The van der Waals surface area contributed by atoms with Crippen molar-refractivity contribution in [2.24, 2.45) is 0 Å². The molecule has 0 saturated carbocycles. The summed E-state index contributed by atoms with van der Waals surface area (Å²) in [5.74, 6) is 0.530. The predicted octanol–water partition coefficient (Wildman–Crippen LogP) is 4.97. The van der Waals surface area contributed by atoms with Gasteiger partial charge in [-0.05, 0) is 12.5 Å². The molecule has 0 radical (unpaired) electrons. The third kappa shape index (κ3) is 3.43. The fraction of sp³-hybridized carbons (Fsp3) is 0.111. The largest absolute Gasteiger partial charge is 0.348 e. The molecule has 22 heavy (non-hydrogen) atoms. The molecule has 3 nitrogen and oxygen atoms in total. The van der Waals surface area contributed by atoms with Crippen molar-refractivity contribution in [3.05, 3.63) is 77.4 Å². The summed E-state index contributed by atoms with van der Waals surface area (Å²) in [6.45, 7) is 2.07. The first-order chi connectivity index (χ1) is 10.7. The zero-order valence-electron chi connectivity index (χ0n) is 12.2. The topological polar surface area (TPSA) is 37.8 Å². The minimum Gasteiger partial charge on any atom is -0.348 e. The van der Waals surface area contributed by atoms with Gasteiger partial charge in [-0.25, -0.2) is 9.97 Å². The number of rotatable bonds is 4. The molecule has 0 amide bonds. The van der Waals surface area contributed by atoms with E-state index in [1.165, 1.54) is 5.56 Å². The lowest BCUT2D eigenvalue weighted by Crippen LogP contribution is -2.09. The van der Waals surface area contributed by atoms with Gasteiger partial charge in [-0.15, -0.1) is 0 Å². The Hall–Kier alpha value is -2.39. The molecule has 0 saturated heterocycles. The Morgan fingerprint density at radius 1 is 0.909 bits per heavy atom. The van der Waals surface area contributed by atoms with Crippen LogP contribution < -0.4 is 5.32 Å². The molecule has 1 N–H and O–H groups in total. The van der Waals surface area contributed by atoms with Crippen LogP contribution in [-0.2, 0) is 0 Å². The molecule has 0 bridgehead atoms. The van der Waals surface area contributed by atoms with Crippen LogP contribution in [0.2, 0.25) is 5.15 Å². The van der Waals surface area contributed by atoms with Gasteiger partial charge >= 0.3 is 0 Å². The molecule has 2 aromatic carbocycles. The molecule has 110 valence electrons. The van der Waals surface area contributed by atoms with Gasteiger partial charge in [0.2, 0.25) is 5.95 Å². The van der Waals surface area contributed by atoms with Gasteiger partial charge in [-0.1, -0.05) is 72.3 Å². The quantitative estimate of drug-likeness (QED) is 0.691. The summed E-state index contributed by atoms with van der Waals surface area (Å²) in [5, 5.41) is 3.73. The second-order valence-electron chi connectivity index (χ2n) is 5.04. The van der Waals surface area contributed by atoms with Crippen LogP contribution in [0.25, 0.3) is 11.3 Å². The maximum atomic E-state index is 6.14. The van der Waals surface area contributed by atoms with Crippen LogP contribution >= 0.6 is 11.6 Å². The van der Waals surface area contributed by atoms with Crippen LogP contribution in [0.1, 0.15) is 18.5 Å². The van der Waals surface area contributed by atoms with Crippen molar-refractivity contribution in [2.45, 2.75) is 13.0 Å². The van der Waals surface area contributed by atoms with Crippen molar-refractivity contribution in [3.63, 3.8) is 0 Å². The van der Waals surface area contributed by atoms with E-state index in [4.69, 9.17) is 11.6 Å². The van der Waals surface area contributed by atoms with Crippen molar-refractivity contribution in [3.8, 4) is 11.3 Å². The minimum atomic E-state index is 0.100. The number of hydrogen-bond acceptors (Lipinski definition) is 3. The van der Waals surface area contributed by atoms with Crippen molar-refractivity contribution >= 4 is 17.5 Å². The van der Waals surface area contributed by atoms with E-state index in [2.05, 4.69) is 34.3 Å². The van der Waals surface area contributed by atoms with E-state index >= 15 is 0 Å². The van der Waals surface area contributed by atoms with Crippen LogP contribution in [0.5, 0.6) is 0 Å². The highest BCUT2D eigenvalue weighted by molar-refractivity contribution is 6.29. The maximum absolute atomic E-state index is 6.14. The Balaban J connectivity index is 1.87. The number of benzene rings is 2. The summed E-state index contributed by atoms with van der Waals surface area (Å²) in [5.41, 5.74) is 3.00. The van der Waals surface area contributed by atoms with Crippen molar-refractivity contribution in [2.75, 3.05) is 5.32 Å². The highest BCUT2D eigenvalue weighted by Crippen LogP contribution is 2.23. The van der Waals surface area contributed by atoms with Crippen molar-refractivity contribution < 1.29 is 0 Å². The van der Waals surface area contributed by atoms with Crippen LogP contribution in [0, 0.1) is 0 Å². The molecule has 0 fully saturated rings. The second-order valence-corrected chi connectivity index (χ2v) is 5.43. The first-order valence-corrected chi connectivity index (χ1v) is 7.51. The lowest BCUT2D eigenvalue weighted by atomic mass is 10.1. The van der Waals surface area contributed by atoms with Gasteiger partial charge in [0.25, 0.3) is 0 Å². The molecule has 3 rings (SSSR count). The number of hydrogen-bond donors (Lipinski definition) is 1. The average Bonchev–Trinajstić information content (AvgIpc) is 2.56. The van der Waals surface area contributed by atoms with Gasteiger partial charge in [-0.2, -0.15) is 0 Å². The fourth-order valence-corrected chi connectivity index (χ4v) is 2.44. The summed E-state index contributed by atoms with van der Waals surface area (Å²) in [7, 11) is 0. The van der Waals surface area contributed by atoms with Gasteiger partial charge in [0.05, 0.1) is 11.7 Å². The van der Waals surface area contributed by atoms with Gasteiger partial charge in [0, 0.05) is 11.6 Å². The molecular formula is C18H16ClN3. The normalized spacial score (nSPS) is 11.9. The second kappa shape index (κ2) is 6.58. The molecule has 1 heterocycles. The fourth-order valence-electron chi connectivity index (χ4n) is 2.26. The summed E-state index contributed by atoms with van der Waals surface area (Å²) < 4.78 is 0. The first kappa shape index (κ1) is 14.5. The average molecular weight is 310 g/mol. The number of aromatic nitrogens is 2. The van der Waals surface area contributed by atoms with E-state index in [9.17, 15) is 0 Å². The van der Waals surface area contributed by atoms with Gasteiger partial charge in [0.15, 0.2) is 0 Å². The molecule has 0 spiro atoms. The van der Waals surface area contributed by atoms with E-state index < -0.39 is 0 Å². The Kier molecular flexibility index (Phi) is 4.35. The summed E-state index contributed by atoms with van der Waals surface area (Å²) >= 11 is 6.14. The molecule has 1 unspecified atom stereocenters. The minimum absolute atomic E-state index is 0.100. The van der Waals surface area contributed by atoms with Crippen LogP contribution in [0.15, 0.2) is 66.7 Å². The number of nitrogens with zero attached hydrogens (tertiary/aromatic N) is 2. The van der Waals surface area contributed by atoms with Crippen LogP contribution in [0.3, 0.4) is 0 Å². The molecule has 0 aliphatic carbocycles. The lowest BCUT2D eigenvalue weighted by Gasteiger charge is -2.15. The SMILES string of the molecule is CC(Nc1nc(Cl)cc(-c2ccccc2)n1)c1ccccc1. The lowest BCUT2D eigenvalue weighted by molar-refractivity contribution is 0.861. The molecule has 3 aromatic rings. The Bertz CT molecular complexity index is 745. The molecule has 0 aliphatic rings. The van der Waals surface area contributed by atoms with E-state index in [-0.39, 0.29) is 6.04 Å². The van der Waals surface area contributed by atoms with E-state index in [1.54, 1.807) is 6.07 Å². The third-order valence-corrected chi connectivity index (χ3v) is 3.60. The van der Waals surface area contributed by atoms with Crippen LogP contribution in [0.4, 0.5) is 5.95 Å². The van der Waals surface area contributed by atoms with Crippen LogP contribution in [-0.4, -0.2) is 9.97 Å². The summed E-state index contributed by atoms with van der Waals surface area (Å²) in [6, 6.07) is 22.0. The Labute approximate surface area is 135 Å². The van der Waals surface area contributed by atoms with E-state index in [0.29, 0.717) is 11.1 Å². The first-order valence-electron chi connectivity index (χ1n) is 7.14. The van der Waals surface area contributed by atoms with Crippen molar-refractivity contribution in [1.29, 1.82) is 0 Å². The molecule has 1 aromatic heterocycles. The third-order valence-electron chi connectivity index (χ3n) is 3.41. The Morgan fingerprint density at radius 3 is 2.23 bits per heavy atom. The number of anilines is 1. The molecule has 4 heteroatoms. The standard InChI is InChI=1S/C18H16ClN3/c1-13(14-8-4-2-5-9-14)20-18-21-16(12-17(19)22-18)15-10-6-3-7-11-15/h2-13H,1H3,(H,20,21,22). The molecular weight excluding hydrogens is 294 g/mol.